The summed E-state index contributed by atoms with van der Waals surface area (Å²) in [7, 11) is 0. The van der Waals surface area contributed by atoms with Gasteiger partial charge in [0, 0.05) is 44.0 Å². The Balaban J connectivity index is 1.03. The Kier molecular flexibility index (Phi) is 8.59. The van der Waals surface area contributed by atoms with Crippen LogP contribution < -0.4 is 4.90 Å². The SMILES string of the molecule is c1cc(-c2ccc3c(c2)oc2ccccc23)cc(N(c2ccc(-c3cccc4c3oc3ccccc34)cc2)c2ccccc2-c2cccc3cccc(C4CCCCC4)c23)c1. The van der Waals surface area contributed by atoms with Gasteiger partial charge in [-0.25, -0.2) is 0 Å². The van der Waals surface area contributed by atoms with Crippen LogP contribution in [0.5, 0.6) is 0 Å². The summed E-state index contributed by atoms with van der Waals surface area (Å²) in [6, 6.07) is 70.3. The first-order valence-electron chi connectivity index (χ1n) is 21.7. The van der Waals surface area contributed by atoms with E-state index in [9.17, 15) is 0 Å². The van der Waals surface area contributed by atoms with Crippen molar-refractivity contribution in [2.24, 2.45) is 0 Å². The van der Waals surface area contributed by atoms with Gasteiger partial charge in [0.15, 0.2) is 0 Å². The molecule has 61 heavy (non-hydrogen) atoms. The molecule has 1 aliphatic rings. The first-order valence-corrected chi connectivity index (χ1v) is 21.7. The van der Waals surface area contributed by atoms with E-state index in [1.165, 1.54) is 59.6 Å². The lowest BCUT2D eigenvalue weighted by Crippen LogP contribution is -2.11. The van der Waals surface area contributed by atoms with E-state index in [1.54, 1.807) is 0 Å². The van der Waals surface area contributed by atoms with E-state index in [1.807, 2.05) is 18.2 Å². The minimum Gasteiger partial charge on any atom is -0.456 e. The molecule has 0 aliphatic heterocycles. The zero-order valence-corrected chi connectivity index (χ0v) is 33.9. The van der Waals surface area contributed by atoms with Crippen molar-refractivity contribution in [3.63, 3.8) is 0 Å². The second-order valence-corrected chi connectivity index (χ2v) is 16.6. The number of rotatable bonds is 7. The lowest BCUT2D eigenvalue weighted by Gasteiger charge is -2.29. The molecule has 0 unspecified atom stereocenters. The third kappa shape index (κ3) is 6.11. The molecule has 292 valence electrons. The van der Waals surface area contributed by atoms with Gasteiger partial charge >= 0.3 is 0 Å². The highest BCUT2D eigenvalue weighted by atomic mass is 16.3. The summed E-state index contributed by atoms with van der Waals surface area (Å²) < 4.78 is 12.8. The Morgan fingerprint density at radius 3 is 1.87 bits per heavy atom. The van der Waals surface area contributed by atoms with Crippen molar-refractivity contribution in [3.05, 3.63) is 200 Å². The van der Waals surface area contributed by atoms with Gasteiger partial charge < -0.3 is 13.7 Å². The van der Waals surface area contributed by atoms with Crippen molar-refractivity contribution >= 4 is 71.7 Å². The molecule has 1 fully saturated rings. The molecule has 1 saturated carbocycles. The van der Waals surface area contributed by atoms with Crippen LogP contribution in [0.15, 0.2) is 203 Å². The van der Waals surface area contributed by atoms with Crippen molar-refractivity contribution in [2.45, 2.75) is 38.0 Å². The number of fused-ring (bicyclic) bond motifs is 7. The van der Waals surface area contributed by atoms with Crippen LogP contribution in [0, 0.1) is 0 Å². The normalized spacial score (nSPS) is 13.5. The molecule has 2 heterocycles. The Labute approximate surface area is 355 Å². The van der Waals surface area contributed by atoms with E-state index in [4.69, 9.17) is 8.83 Å². The lowest BCUT2D eigenvalue weighted by molar-refractivity contribution is 0.445. The van der Waals surface area contributed by atoms with Crippen LogP contribution in [-0.4, -0.2) is 0 Å². The molecule has 3 nitrogen and oxygen atoms in total. The van der Waals surface area contributed by atoms with Crippen LogP contribution in [0.1, 0.15) is 43.6 Å². The average molecular weight is 786 g/mol. The minimum atomic E-state index is 0.575. The summed E-state index contributed by atoms with van der Waals surface area (Å²) in [5, 5.41) is 7.22. The van der Waals surface area contributed by atoms with E-state index in [0.717, 1.165) is 83.2 Å². The predicted octanol–water partition coefficient (Wildman–Crippen LogP) is 17.2. The summed E-state index contributed by atoms with van der Waals surface area (Å²) in [6.07, 6.45) is 6.44. The Bertz CT molecular complexity index is 3410. The maximum Gasteiger partial charge on any atom is 0.143 e. The summed E-state index contributed by atoms with van der Waals surface area (Å²) >= 11 is 0. The quantitative estimate of drug-likeness (QED) is 0.161. The molecule has 0 spiro atoms. The molecule has 0 N–H and O–H groups in total. The monoisotopic (exact) mass is 785 g/mol. The molecule has 2 aromatic heterocycles. The number of hydrogen-bond acceptors (Lipinski definition) is 3. The Morgan fingerprint density at radius 1 is 0.393 bits per heavy atom. The molecule has 12 rings (SSSR count). The van der Waals surface area contributed by atoms with Gasteiger partial charge in [0.2, 0.25) is 0 Å². The van der Waals surface area contributed by atoms with E-state index in [-0.39, 0.29) is 0 Å². The molecule has 9 aromatic carbocycles. The fourth-order valence-corrected chi connectivity index (χ4v) is 10.2. The van der Waals surface area contributed by atoms with Crippen molar-refractivity contribution in [2.75, 3.05) is 4.90 Å². The fraction of sp³-hybridized carbons (Fsp3) is 0.103. The molecular formula is C58H43NO2. The van der Waals surface area contributed by atoms with Crippen LogP contribution in [0.4, 0.5) is 17.1 Å². The van der Waals surface area contributed by atoms with Gasteiger partial charge in [0.25, 0.3) is 0 Å². The van der Waals surface area contributed by atoms with E-state index in [2.05, 4.69) is 181 Å². The van der Waals surface area contributed by atoms with Gasteiger partial charge in [-0.05, 0) is 112 Å². The first kappa shape index (κ1) is 35.6. The highest BCUT2D eigenvalue weighted by Gasteiger charge is 2.23. The molecular weight excluding hydrogens is 743 g/mol. The lowest BCUT2D eigenvalue weighted by atomic mass is 9.80. The highest BCUT2D eigenvalue weighted by molar-refractivity contribution is 6.10. The third-order valence-electron chi connectivity index (χ3n) is 13.1. The second-order valence-electron chi connectivity index (χ2n) is 16.6. The van der Waals surface area contributed by atoms with Crippen LogP contribution in [-0.2, 0) is 0 Å². The highest BCUT2D eigenvalue weighted by Crippen LogP contribution is 2.47. The summed E-state index contributed by atoms with van der Waals surface area (Å²) in [5.74, 6) is 0.575. The van der Waals surface area contributed by atoms with Gasteiger partial charge in [-0.1, -0.05) is 159 Å². The molecule has 1 aliphatic carbocycles. The standard InChI is InChI=1S/C58H43NO2/c1-2-14-38(15-3-1)45-23-11-16-40-17-12-25-51(57(40)45)47-20-4-7-27-53(47)59(43-33-30-39(31-34-43)46-24-13-26-52-49-22-6-9-29-55(49)61-58(46)52)44-19-10-18-41(36-44)42-32-35-50-48-21-5-8-28-54(48)60-56(50)37-42/h4-13,16-38H,1-3,14-15H2. The second kappa shape index (κ2) is 14.7. The van der Waals surface area contributed by atoms with Crippen molar-refractivity contribution in [1.29, 1.82) is 0 Å². The topological polar surface area (TPSA) is 29.5 Å². The number of anilines is 3. The van der Waals surface area contributed by atoms with Crippen LogP contribution in [0.3, 0.4) is 0 Å². The van der Waals surface area contributed by atoms with Crippen LogP contribution in [0.25, 0.3) is 88.0 Å². The average Bonchev–Trinajstić information content (AvgIpc) is 3.90. The van der Waals surface area contributed by atoms with Gasteiger partial charge in [0.1, 0.15) is 22.3 Å². The number of furan rings is 2. The van der Waals surface area contributed by atoms with Crippen LogP contribution in [0.2, 0.25) is 0 Å². The molecule has 0 bridgehead atoms. The minimum absolute atomic E-state index is 0.575. The Hall–Kier alpha value is -7.36. The van der Waals surface area contributed by atoms with E-state index >= 15 is 0 Å². The largest absolute Gasteiger partial charge is 0.456 e. The fourth-order valence-electron chi connectivity index (χ4n) is 10.2. The van der Waals surface area contributed by atoms with Gasteiger partial charge in [0.05, 0.1) is 5.69 Å². The maximum absolute atomic E-state index is 6.49. The molecule has 0 saturated heterocycles. The summed E-state index contributed by atoms with van der Waals surface area (Å²) in [4.78, 5) is 2.44. The summed E-state index contributed by atoms with van der Waals surface area (Å²) in [5.41, 5.74) is 15.3. The van der Waals surface area contributed by atoms with Crippen LogP contribution >= 0.6 is 0 Å². The summed E-state index contributed by atoms with van der Waals surface area (Å²) in [6.45, 7) is 0. The molecule has 0 radical (unpaired) electrons. The van der Waals surface area contributed by atoms with Crippen molar-refractivity contribution in [3.8, 4) is 33.4 Å². The van der Waals surface area contributed by atoms with Crippen molar-refractivity contribution < 1.29 is 8.83 Å². The number of nitrogens with zero attached hydrogens (tertiary/aromatic N) is 1. The molecule has 0 amide bonds. The first-order chi connectivity index (χ1) is 30.2. The smallest absolute Gasteiger partial charge is 0.143 e. The Morgan fingerprint density at radius 2 is 1.02 bits per heavy atom. The van der Waals surface area contributed by atoms with Crippen molar-refractivity contribution in [1.82, 2.24) is 0 Å². The zero-order valence-electron chi connectivity index (χ0n) is 33.9. The zero-order chi connectivity index (χ0) is 40.3. The number of hydrogen-bond donors (Lipinski definition) is 0. The van der Waals surface area contributed by atoms with E-state index in [0.29, 0.717) is 5.92 Å². The van der Waals surface area contributed by atoms with Gasteiger partial charge in [-0.15, -0.1) is 0 Å². The molecule has 0 atom stereocenters. The number of para-hydroxylation sites is 4. The maximum atomic E-state index is 6.49. The molecule has 3 heteroatoms. The third-order valence-corrected chi connectivity index (χ3v) is 13.1. The van der Waals surface area contributed by atoms with Gasteiger partial charge in [-0.3, -0.25) is 0 Å². The van der Waals surface area contributed by atoms with Gasteiger partial charge in [-0.2, -0.15) is 0 Å². The van der Waals surface area contributed by atoms with E-state index < -0.39 is 0 Å². The molecule has 11 aromatic rings. The predicted molar refractivity (Wildman–Crippen MR) is 255 cm³/mol. The number of benzene rings is 9.